The first-order valence-corrected chi connectivity index (χ1v) is 10.3. The van der Waals surface area contributed by atoms with E-state index in [9.17, 15) is 31.2 Å². The van der Waals surface area contributed by atoms with Crippen molar-refractivity contribution in [2.24, 2.45) is 0 Å². The van der Waals surface area contributed by atoms with Gasteiger partial charge in [-0.15, -0.1) is 0 Å². The lowest BCUT2D eigenvalue weighted by atomic mass is 9.94. The van der Waals surface area contributed by atoms with Gasteiger partial charge in [0.05, 0.1) is 13.2 Å². The van der Waals surface area contributed by atoms with Crippen LogP contribution >= 0.6 is 0 Å². The summed E-state index contributed by atoms with van der Waals surface area (Å²) < 4.78 is 74.6. The SMILES string of the molecule is CCOC(=O)C1Cc2ccc(OS(=O)(=O)C(F)(F)F)cc2CN1C(=O)OC(C)(C)C. The van der Waals surface area contributed by atoms with Crippen LogP contribution in [0.5, 0.6) is 5.75 Å². The number of benzene rings is 1. The molecular formula is C18H22F3NO7S. The number of esters is 1. The zero-order valence-electron chi connectivity index (χ0n) is 16.8. The number of hydrogen-bond acceptors (Lipinski definition) is 7. The van der Waals surface area contributed by atoms with Crippen LogP contribution in [0.1, 0.15) is 38.8 Å². The Bertz CT molecular complexity index is 923. The van der Waals surface area contributed by atoms with Crippen LogP contribution in [-0.4, -0.2) is 49.1 Å². The highest BCUT2D eigenvalue weighted by Gasteiger charge is 2.48. The predicted octanol–water partition coefficient (Wildman–Crippen LogP) is 3.14. The molecule has 1 aromatic rings. The van der Waals surface area contributed by atoms with Crippen molar-refractivity contribution < 1.29 is 44.8 Å². The van der Waals surface area contributed by atoms with Crippen LogP contribution in [-0.2, 0) is 37.4 Å². The second-order valence-corrected chi connectivity index (χ2v) is 9.03. The fourth-order valence-corrected chi connectivity index (χ4v) is 3.20. The van der Waals surface area contributed by atoms with Gasteiger partial charge < -0.3 is 13.7 Å². The van der Waals surface area contributed by atoms with Gasteiger partial charge in [-0.1, -0.05) is 6.07 Å². The molecule has 1 aliphatic heterocycles. The lowest BCUT2D eigenvalue weighted by Crippen LogP contribution is -2.50. The van der Waals surface area contributed by atoms with E-state index in [1.165, 1.54) is 6.07 Å². The molecule has 0 radical (unpaired) electrons. The van der Waals surface area contributed by atoms with E-state index in [0.29, 0.717) is 11.1 Å². The molecule has 0 aromatic heterocycles. The summed E-state index contributed by atoms with van der Waals surface area (Å²) in [6.07, 6.45) is -0.805. The summed E-state index contributed by atoms with van der Waals surface area (Å²) in [6.45, 7) is 6.39. The Kier molecular flexibility index (Phi) is 6.60. The van der Waals surface area contributed by atoms with Crippen molar-refractivity contribution in [1.82, 2.24) is 4.90 Å². The highest BCUT2D eigenvalue weighted by Crippen LogP contribution is 2.32. The van der Waals surface area contributed by atoms with Crippen molar-refractivity contribution in [3.8, 4) is 5.75 Å². The number of hydrogen-bond donors (Lipinski definition) is 0. The van der Waals surface area contributed by atoms with E-state index >= 15 is 0 Å². The number of rotatable bonds is 4. The Balaban J connectivity index is 2.37. The third kappa shape index (κ3) is 5.55. The minimum atomic E-state index is -5.84. The first-order valence-electron chi connectivity index (χ1n) is 8.93. The number of ether oxygens (including phenoxy) is 2. The molecule has 8 nitrogen and oxygen atoms in total. The van der Waals surface area contributed by atoms with Gasteiger partial charge in [-0.3, -0.25) is 4.90 Å². The molecule has 1 unspecified atom stereocenters. The lowest BCUT2D eigenvalue weighted by Gasteiger charge is -2.36. The van der Waals surface area contributed by atoms with Crippen LogP contribution in [0.3, 0.4) is 0 Å². The molecule has 1 amide bonds. The molecule has 2 rings (SSSR count). The molecule has 168 valence electrons. The molecule has 1 atom stereocenters. The van der Waals surface area contributed by atoms with Crippen molar-refractivity contribution >= 4 is 22.2 Å². The van der Waals surface area contributed by atoms with Gasteiger partial charge in [0, 0.05) is 6.42 Å². The molecule has 0 aliphatic carbocycles. The Morgan fingerprint density at radius 1 is 1.17 bits per heavy atom. The van der Waals surface area contributed by atoms with Crippen molar-refractivity contribution in [3.63, 3.8) is 0 Å². The van der Waals surface area contributed by atoms with E-state index in [2.05, 4.69) is 4.18 Å². The van der Waals surface area contributed by atoms with Crippen LogP contribution in [0.25, 0.3) is 0 Å². The number of alkyl halides is 3. The number of amides is 1. The van der Waals surface area contributed by atoms with Gasteiger partial charge >= 0.3 is 27.7 Å². The monoisotopic (exact) mass is 453 g/mol. The Morgan fingerprint density at radius 3 is 2.33 bits per heavy atom. The summed E-state index contributed by atoms with van der Waals surface area (Å²) in [5.41, 5.74) is -5.59. The summed E-state index contributed by atoms with van der Waals surface area (Å²) in [5, 5.41) is 0. The number of halogens is 3. The van der Waals surface area contributed by atoms with E-state index in [1.54, 1.807) is 27.7 Å². The maximum Gasteiger partial charge on any atom is 0.534 e. The number of carbonyl (C=O) groups excluding carboxylic acids is 2. The molecule has 1 aromatic carbocycles. The van der Waals surface area contributed by atoms with Gasteiger partial charge in [0.25, 0.3) is 0 Å². The molecule has 0 saturated heterocycles. The lowest BCUT2D eigenvalue weighted by molar-refractivity contribution is -0.150. The Hall–Kier alpha value is -2.50. The normalized spacial score (nSPS) is 17.2. The van der Waals surface area contributed by atoms with E-state index in [-0.39, 0.29) is 19.6 Å². The van der Waals surface area contributed by atoms with Crippen LogP contribution in [0, 0.1) is 0 Å². The van der Waals surface area contributed by atoms with Gasteiger partial charge in [-0.2, -0.15) is 21.6 Å². The van der Waals surface area contributed by atoms with E-state index in [0.717, 1.165) is 17.0 Å². The van der Waals surface area contributed by atoms with E-state index < -0.39 is 45.1 Å². The largest absolute Gasteiger partial charge is 0.534 e. The van der Waals surface area contributed by atoms with Crippen LogP contribution in [0.2, 0.25) is 0 Å². The molecule has 12 heteroatoms. The molecule has 1 aliphatic rings. The number of fused-ring (bicyclic) bond motifs is 1. The number of nitrogens with zero attached hydrogens (tertiary/aromatic N) is 1. The maximum atomic E-state index is 12.6. The maximum absolute atomic E-state index is 12.6. The zero-order chi connectivity index (χ0) is 22.9. The smallest absolute Gasteiger partial charge is 0.464 e. The third-order valence-corrected chi connectivity index (χ3v) is 4.96. The first-order chi connectivity index (χ1) is 13.6. The molecule has 0 spiro atoms. The molecular weight excluding hydrogens is 431 g/mol. The highest BCUT2D eigenvalue weighted by atomic mass is 32.2. The molecule has 0 N–H and O–H groups in total. The van der Waals surface area contributed by atoms with Gasteiger partial charge in [-0.25, -0.2) is 9.59 Å². The van der Waals surface area contributed by atoms with Crippen LogP contribution < -0.4 is 4.18 Å². The summed E-state index contributed by atoms with van der Waals surface area (Å²) in [6, 6.07) is 2.47. The molecule has 0 bridgehead atoms. The minimum absolute atomic E-state index is 0.0136. The van der Waals surface area contributed by atoms with Crippen molar-refractivity contribution in [2.75, 3.05) is 6.61 Å². The van der Waals surface area contributed by atoms with Gasteiger partial charge in [-0.05, 0) is 51.0 Å². The van der Waals surface area contributed by atoms with E-state index in [1.807, 2.05) is 0 Å². The van der Waals surface area contributed by atoms with E-state index in [4.69, 9.17) is 9.47 Å². The summed E-state index contributed by atoms with van der Waals surface area (Å²) >= 11 is 0. The average molecular weight is 453 g/mol. The minimum Gasteiger partial charge on any atom is -0.464 e. The third-order valence-electron chi connectivity index (χ3n) is 3.98. The highest BCUT2D eigenvalue weighted by molar-refractivity contribution is 7.88. The Morgan fingerprint density at radius 2 is 1.80 bits per heavy atom. The topological polar surface area (TPSA) is 99.2 Å². The van der Waals surface area contributed by atoms with Crippen molar-refractivity contribution in [1.29, 1.82) is 0 Å². The molecule has 30 heavy (non-hydrogen) atoms. The fraction of sp³-hybridized carbons (Fsp3) is 0.556. The fourth-order valence-electron chi connectivity index (χ4n) is 2.75. The summed E-state index contributed by atoms with van der Waals surface area (Å²) in [5.74, 6) is -1.22. The van der Waals surface area contributed by atoms with Crippen molar-refractivity contribution in [3.05, 3.63) is 29.3 Å². The quantitative estimate of drug-likeness (QED) is 0.392. The predicted molar refractivity (Wildman–Crippen MR) is 97.9 cm³/mol. The number of carbonyl (C=O) groups is 2. The molecule has 1 heterocycles. The standard InChI is InChI=1S/C18H22F3NO7S/c1-5-27-15(23)14-9-11-6-7-13(29-30(25,26)18(19,20)21)8-12(11)10-22(14)16(24)28-17(2,3)4/h6-8,14H,5,9-10H2,1-4H3. The van der Waals surface area contributed by atoms with Crippen LogP contribution in [0.15, 0.2) is 18.2 Å². The second-order valence-electron chi connectivity index (χ2n) is 7.49. The van der Waals surface area contributed by atoms with Crippen LogP contribution in [0.4, 0.5) is 18.0 Å². The van der Waals surface area contributed by atoms with Crippen molar-refractivity contribution in [2.45, 2.75) is 57.8 Å². The molecule has 0 saturated carbocycles. The summed E-state index contributed by atoms with van der Waals surface area (Å²) in [7, 11) is -5.84. The van der Waals surface area contributed by atoms with Gasteiger partial charge in [0.2, 0.25) is 0 Å². The Labute approximate surface area is 172 Å². The van der Waals surface area contributed by atoms with Gasteiger partial charge in [0.15, 0.2) is 0 Å². The first kappa shape index (κ1) is 23.8. The summed E-state index contributed by atoms with van der Waals surface area (Å²) in [4.78, 5) is 26.1. The average Bonchev–Trinajstić information content (AvgIpc) is 2.58. The second kappa shape index (κ2) is 8.32. The van der Waals surface area contributed by atoms with Gasteiger partial charge in [0.1, 0.15) is 17.4 Å². The zero-order valence-corrected chi connectivity index (χ0v) is 17.6. The molecule has 0 fully saturated rings.